The first kappa shape index (κ1) is 21.7. The molecule has 1 saturated heterocycles. The quantitative estimate of drug-likeness (QED) is 0.582. The maximum atomic E-state index is 12.5. The van der Waals surface area contributed by atoms with Crippen LogP contribution in [0.25, 0.3) is 0 Å². The summed E-state index contributed by atoms with van der Waals surface area (Å²) in [6, 6.07) is 16.8. The fourth-order valence-corrected chi connectivity index (χ4v) is 4.21. The van der Waals surface area contributed by atoms with Crippen molar-refractivity contribution in [3.63, 3.8) is 0 Å². The van der Waals surface area contributed by atoms with Gasteiger partial charge in [-0.3, -0.25) is 0 Å². The van der Waals surface area contributed by atoms with Crippen molar-refractivity contribution in [3.8, 4) is 5.75 Å². The standard InChI is InChI=1S/C23H28O5S/c1-4-29-23-21(26-15-17-10-12-19(25-3)13-11-17)14-20(16(2)27-23)28-22(24)18-8-6-5-7-9-18/h5-13,16,20-21,23H,4,14-15H2,1-3H3/t16-,20-,21-,23-/m1/s1. The Hall–Kier alpha value is -2.02. The molecular weight excluding hydrogens is 388 g/mol. The zero-order valence-corrected chi connectivity index (χ0v) is 17.9. The zero-order valence-electron chi connectivity index (χ0n) is 17.1. The Morgan fingerprint density at radius 2 is 1.83 bits per heavy atom. The van der Waals surface area contributed by atoms with Crippen molar-refractivity contribution in [3.05, 3.63) is 65.7 Å². The highest BCUT2D eigenvalue weighted by Crippen LogP contribution is 2.32. The molecule has 4 atom stereocenters. The van der Waals surface area contributed by atoms with Gasteiger partial charge in [0, 0.05) is 6.42 Å². The first-order valence-corrected chi connectivity index (χ1v) is 10.9. The summed E-state index contributed by atoms with van der Waals surface area (Å²) in [6.07, 6.45) is -0.0928. The van der Waals surface area contributed by atoms with Crippen LogP contribution in [0.1, 0.15) is 36.2 Å². The number of rotatable bonds is 8. The van der Waals surface area contributed by atoms with E-state index in [1.807, 2.05) is 49.4 Å². The van der Waals surface area contributed by atoms with E-state index in [1.54, 1.807) is 31.0 Å². The highest BCUT2D eigenvalue weighted by atomic mass is 32.2. The first-order chi connectivity index (χ1) is 14.1. The van der Waals surface area contributed by atoms with Crippen molar-refractivity contribution in [2.75, 3.05) is 12.9 Å². The van der Waals surface area contributed by atoms with Crippen LogP contribution in [0.2, 0.25) is 0 Å². The van der Waals surface area contributed by atoms with Gasteiger partial charge in [-0.1, -0.05) is 37.3 Å². The molecule has 3 rings (SSSR count). The van der Waals surface area contributed by atoms with Gasteiger partial charge in [0.05, 0.1) is 31.5 Å². The van der Waals surface area contributed by atoms with Gasteiger partial charge in [0.2, 0.25) is 0 Å². The number of benzene rings is 2. The van der Waals surface area contributed by atoms with Gasteiger partial charge in [0.1, 0.15) is 17.3 Å². The van der Waals surface area contributed by atoms with Gasteiger partial charge in [-0.15, -0.1) is 11.8 Å². The molecule has 1 aliphatic rings. The minimum absolute atomic E-state index is 0.0834. The SMILES string of the molecule is CCS[C@H]1O[C@H](C)[C@H](OC(=O)c2ccccc2)C[C@H]1OCc1ccc(OC)cc1. The number of ether oxygens (including phenoxy) is 4. The third-order valence-corrected chi connectivity index (χ3v) is 5.94. The van der Waals surface area contributed by atoms with Crippen molar-refractivity contribution < 1.29 is 23.7 Å². The van der Waals surface area contributed by atoms with Crippen LogP contribution in [0.3, 0.4) is 0 Å². The Bertz CT molecular complexity index is 765. The second kappa shape index (κ2) is 10.7. The smallest absolute Gasteiger partial charge is 0.338 e. The summed E-state index contributed by atoms with van der Waals surface area (Å²) in [7, 11) is 1.65. The Labute approximate surface area is 176 Å². The summed E-state index contributed by atoms with van der Waals surface area (Å²) in [5, 5.41) is 0. The lowest BCUT2D eigenvalue weighted by Gasteiger charge is -2.39. The van der Waals surface area contributed by atoms with Crippen LogP contribution in [-0.2, 0) is 20.8 Å². The van der Waals surface area contributed by atoms with Crippen molar-refractivity contribution in [2.45, 2.75) is 50.6 Å². The highest BCUT2D eigenvalue weighted by molar-refractivity contribution is 7.99. The van der Waals surface area contributed by atoms with E-state index in [2.05, 4.69) is 6.92 Å². The predicted molar refractivity (Wildman–Crippen MR) is 114 cm³/mol. The molecule has 0 spiro atoms. The van der Waals surface area contributed by atoms with Crippen LogP contribution in [-0.4, -0.2) is 42.6 Å². The molecule has 0 unspecified atom stereocenters. The Morgan fingerprint density at radius 3 is 2.48 bits per heavy atom. The van der Waals surface area contributed by atoms with E-state index in [1.165, 1.54) is 0 Å². The second-order valence-corrected chi connectivity index (χ2v) is 8.28. The first-order valence-electron chi connectivity index (χ1n) is 9.88. The Balaban J connectivity index is 1.63. The third-order valence-electron chi connectivity index (χ3n) is 4.86. The summed E-state index contributed by atoms with van der Waals surface area (Å²) in [5.41, 5.74) is 1.52. The molecule has 2 aromatic rings. The van der Waals surface area contributed by atoms with Crippen molar-refractivity contribution in [1.29, 1.82) is 0 Å². The summed E-state index contributed by atoms with van der Waals surface area (Å²) in [5.74, 6) is 1.41. The topological polar surface area (TPSA) is 54.0 Å². The second-order valence-electron chi connectivity index (χ2n) is 6.91. The zero-order chi connectivity index (χ0) is 20.6. The normalized spacial score (nSPS) is 24.1. The number of carbonyl (C=O) groups is 1. The molecule has 0 bridgehead atoms. The van der Waals surface area contributed by atoms with Crippen LogP contribution < -0.4 is 4.74 Å². The molecule has 0 aliphatic carbocycles. The van der Waals surface area contributed by atoms with E-state index >= 15 is 0 Å². The lowest BCUT2D eigenvalue weighted by atomic mass is 10.0. The maximum absolute atomic E-state index is 12.5. The van der Waals surface area contributed by atoms with E-state index in [9.17, 15) is 4.79 Å². The number of methoxy groups -OCH3 is 1. The van der Waals surface area contributed by atoms with E-state index < -0.39 is 0 Å². The molecule has 29 heavy (non-hydrogen) atoms. The van der Waals surface area contributed by atoms with Crippen LogP contribution in [0, 0.1) is 0 Å². The van der Waals surface area contributed by atoms with Crippen LogP contribution in [0.4, 0.5) is 0 Å². The average molecular weight is 417 g/mol. The van der Waals surface area contributed by atoms with Crippen LogP contribution in [0.5, 0.6) is 5.75 Å². The molecule has 0 amide bonds. The highest BCUT2D eigenvalue weighted by Gasteiger charge is 2.38. The summed E-state index contributed by atoms with van der Waals surface area (Å²) < 4.78 is 23.3. The fourth-order valence-electron chi connectivity index (χ4n) is 3.22. The molecule has 0 N–H and O–H groups in total. The molecule has 156 valence electrons. The van der Waals surface area contributed by atoms with E-state index in [-0.39, 0.29) is 29.7 Å². The van der Waals surface area contributed by atoms with Gasteiger partial charge >= 0.3 is 5.97 Å². The van der Waals surface area contributed by atoms with Crippen LogP contribution >= 0.6 is 11.8 Å². The number of hydrogen-bond donors (Lipinski definition) is 0. The monoisotopic (exact) mass is 416 g/mol. The Morgan fingerprint density at radius 1 is 1.10 bits per heavy atom. The molecule has 1 aliphatic heterocycles. The van der Waals surface area contributed by atoms with Gasteiger partial charge in [-0.25, -0.2) is 4.79 Å². The summed E-state index contributed by atoms with van der Waals surface area (Å²) in [4.78, 5) is 12.5. The van der Waals surface area contributed by atoms with Crippen molar-refractivity contribution in [1.82, 2.24) is 0 Å². The van der Waals surface area contributed by atoms with Gasteiger partial charge in [0.25, 0.3) is 0 Å². The number of esters is 1. The fraction of sp³-hybridized carbons (Fsp3) is 0.435. The molecule has 1 fully saturated rings. The molecule has 0 aromatic heterocycles. The van der Waals surface area contributed by atoms with Gasteiger partial charge < -0.3 is 18.9 Å². The van der Waals surface area contributed by atoms with E-state index in [0.29, 0.717) is 18.6 Å². The lowest BCUT2D eigenvalue weighted by Crippen LogP contribution is -2.47. The minimum atomic E-state index is -0.350. The van der Waals surface area contributed by atoms with Gasteiger partial charge in [-0.05, 0) is 42.5 Å². The molecule has 5 nitrogen and oxygen atoms in total. The van der Waals surface area contributed by atoms with Crippen molar-refractivity contribution in [2.24, 2.45) is 0 Å². The van der Waals surface area contributed by atoms with Crippen LogP contribution in [0.15, 0.2) is 54.6 Å². The molecule has 0 radical (unpaired) electrons. The largest absolute Gasteiger partial charge is 0.497 e. The van der Waals surface area contributed by atoms with E-state index in [4.69, 9.17) is 18.9 Å². The lowest BCUT2D eigenvalue weighted by molar-refractivity contribution is -0.153. The van der Waals surface area contributed by atoms with E-state index in [0.717, 1.165) is 17.1 Å². The molecule has 0 saturated carbocycles. The summed E-state index contributed by atoms with van der Waals surface area (Å²) in [6.45, 7) is 4.51. The third kappa shape index (κ3) is 5.98. The van der Waals surface area contributed by atoms with Crippen molar-refractivity contribution >= 4 is 17.7 Å². The average Bonchev–Trinajstić information content (AvgIpc) is 2.75. The predicted octanol–water partition coefficient (Wildman–Crippen LogP) is 4.69. The number of thioether (sulfide) groups is 1. The number of hydrogen-bond acceptors (Lipinski definition) is 6. The Kier molecular flexibility index (Phi) is 7.98. The molecule has 2 aromatic carbocycles. The maximum Gasteiger partial charge on any atom is 0.338 e. The number of carbonyl (C=O) groups excluding carboxylic acids is 1. The van der Waals surface area contributed by atoms with Gasteiger partial charge in [-0.2, -0.15) is 0 Å². The summed E-state index contributed by atoms with van der Waals surface area (Å²) >= 11 is 1.71. The minimum Gasteiger partial charge on any atom is -0.497 e. The van der Waals surface area contributed by atoms with Gasteiger partial charge in [0.15, 0.2) is 0 Å². The molecule has 1 heterocycles. The molecular formula is C23H28O5S. The molecule has 6 heteroatoms.